The topological polar surface area (TPSA) is 73.9 Å². The third-order valence-corrected chi connectivity index (χ3v) is 8.45. The Labute approximate surface area is 245 Å². The van der Waals surface area contributed by atoms with E-state index in [0.29, 0.717) is 41.5 Å². The molecule has 0 bridgehead atoms. The van der Waals surface area contributed by atoms with Gasteiger partial charge in [0, 0.05) is 24.3 Å². The zero-order valence-electron chi connectivity index (χ0n) is 23.1. The monoisotopic (exact) mass is 574 g/mol. The summed E-state index contributed by atoms with van der Waals surface area (Å²) in [5.41, 5.74) is 0.920. The molecule has 1 heterocycles. The van der Waals surface area contributed by atoms with Gasteiger partial charge in [0.2, 0.25) is 11.8 Å². The summed E-state index contributed by atoms with van der Waals surface area (Å²) in [7, 11) is 1.58. The van der Waals surface area contributed by atoms with Crippen molar-refractivity contribution >= 4 is 34.8 Å². The molecule has 1 saturated carbocycles. The number of nitrogens with zero attached hydrogens (tertiary/aromatic N) is 2. The molecule has 7 nitrogen and oxygen atoms in total. The Morgan fingerprint density at radius 1 is 1.02 bits per heavy atom. The molecule has 1 atom stereocenters. The zero-order chi connectivity index (χ0) is 28.8. The normalized spacial score (nSPS) is 18.0. The van der Waals surface area contributed by atoms with Crippen LogP contribution in [0.5, 0.6) is 5.75 Å². The molecule has 2 aliphatic rings. The Kier molecular flexibility index (Phi) is 8.83. The van der Waals surface area contributed by atoms with Crippen LogP contribution in [0.25, 0.3) is 0 Å². The molecule has 3 aromatic carbocycles. The molecule has 214 valence electrons. The smallest absolute Gasteiger partial charge is 0.250 e. The molecule has 0 radical (unpaired) electrons. The molecule has 1 aliphatic carbocycles. The van der Waals surface area contributed by atoms with E-state index in [4.69, 9.17) is 17.0 Å². The number of rotatable bonds is 9. The van der Waals surface area contributed by atoms with Gasteiger partial charge < -0.3 is 25.2 Å². The number of nitrogens with one attached hydrogen (secondary N) is 2. The minimum absolute atomic E-state index is 0.0127. The van der Waals surface area contributed by atoms with Gasteiger partial charge in [-0.3, -0.25) is 9.59 Å². The number of halogens is 1. The Morgan fingerprint density at radius 3 is 2.39 bits per heavy atom. The second-order valence-electron chi connectivity index (χ2n) is 10.6. The number of methoxy groups -OCH3 is 1. The number of anilines is 1. The van der Waals surface area contributed by atoms with Gasteiger partial charge >= 0.3 is 0 Å². The number of benzene rings is 3. The summed E-state index contributed by atoms with van der Waals surface area (Å²) in [6.07, 6.45) is 3.53. The van der Waals surface area contributed by atoms with E-state index in [1.54, 1.807) is 54.5 Å². The van der Waals surface area contributed by atoms with Crippen LogP contribution in [0.3, 0.4) is 0 Å². The van der Waals surface area contributed by atoms with Gasteiger partial charge in [-0.25, -0.2) is 4.39 Å². The van der Waals surface area contributed by atoms with Gasteiger partial charge in [0.15, 0.2) is 5.11 Å². The maximum absolute atomic E-state index is 14.9. The lowest BCUT2D eigenvalue weighted by Crippen LogP contribution is -2.61. The van der Waals surface area contributed by atoms with Crippen molar-refractivity contribution in [3.63, 3.8) is 0 Å². The number of hydrogen-bond acceptors (Lipinski definition) is 4. The summed E-state index contributed by atoms with van der Waals surface area (Å²) in [5.74, 6) is -0.265. The predicted molar refractivity (Wildman–Crippen MR) is 161 cm³/mol. The highest BCUT2D eigenvalue weighted by Crippen LogP contribution is 2.37. The maximum atomic E-state index is 14.9. The third kappa shape index (κ3) is 6.35. The number of carbonyl (C=O) groups is 2. The van der Waals surface area contributed by atoms with Crippen molar-refractivity contribution in [2.45, 2.75) is 50.2 Å². The summed E-state index contributed by atoms with van der Waals surface area (Å²) in [6.45, 7) is 0.492. The molecular weight excluding hydrogens is 539 g/mol. The molecule has 9 heteroatoms. The van der Waals surface area contributed by atoms with Crippen molar-refractivity contribution in [1.82, 2.24) is 15.1 Å². The fraction of sp³-hybridized carbons (Fsp3) is 0.344. The van der Waals surface area contributed by atoms with Crippen LogP contribution in [-0.2, 0) is 16.1 Å². The highest BCUT2D eigenvalue weighted by atomic mass is 32.1. The fourth-order valence-corrected chi connectivity index (χ4v) is 6.08. The largest absolute Gasteiger partial charge is 0.497 e. The Morgan fingerprint density at radius 2 is 1.71 bits per heavy atom. The number of carbonyl (C=O) groups excluding carboxylic acids is 2. The van der Waals surface area contributed by atoms with Gasteiger partial charge in [-0.15, -0.1) is 0 Å². The van der Waals surface area contributed by atoms with Gasteiger partial charge in [-0.1, -0.05) is 67.8 Å². The molecule has 1 saturated heterocycles. The molecule has 5 rings (SSSR count). The number of amides is 2. The number of thiocarbonyl (C=S) groups is 1. The van der Waals surface area contributed by atoms with Crippen LogP contribution >= 0.6 is 12.2 Å². The number of hydrogen-bond donors (Lipinski definition) is 2. The van der Waals surface area contributed by atoms with Crippen LogP contribution in [0.1, 0.15) is 49.3 Å². The summed E-state index contributed by atoms with van der Waals surface area (Å²) in [6, 6.07) is 23.4. The molecule has 0 aromatic heterocycles. The van der Waals surface area contributed by atoms with Crippen molar-refractivity contribution in [1.29, 1.82) is 0 Å². The summed E-state index contributed by atoms with van der Waals surface area (Å²) >= 11 is 5.61. The van der Waals surface area contributed by atoms with Crippen molar-refractivity contribution in [2.24, 2.45) is 0 Å². The highest BCUT2D eigenvalue weighted by molar-refractivity contribution is 7.80. The van der Waals surface area contributed by atoms with Crippen molar-refractivity contribution in [3.8, 4) is 5.75 Å². The zero-order valence-corrected chi connectivity index (χ0v) is 24.0. The minimum Gasteiger partial charge on any atom is -0.497 e. The molecule has 3 aromatic rings. The lowest BCUT2D eigenvalue weighted by Gasteiger charge is -2.45. The van der Waals surface area contributed by atoms with Crippen molar-refractivity contribution in [3.05, 3.63) is 95.8 Å². The first-order chi connectivity index (χ1) is 19.9. The van der Waals surface area contributed by atoms with Crippen LogP contribution in [0, 0.1) is 5.82 Å². The molecular formula is C32H35FN4O3S. The van der Waals surface area contributed by atoms with E-state index in [1.807, 2.05) is 35.2 Å². The average molecular weight is 575 g/mol. The molecule has 0 unspecified atom stereocenters. The molecule has 2 amide bonds. The van der Waals surface area contributed by atoms with Gasteiger partial charge in [0.05, 0.1) is 19.7 Å². The second kappa shape index (κ2) is 12.7. The first-order valence-corrected chi connectivity index (χ1v) is 14.4. The van der Waals surface area contributed by atoms with Crippen molar-refractivity contribution < 1.29 is 18.7 Å². The average Bonchev–Trinajstić information content (AvgIpc) is 3.37. The fourth-order valence-electron chi connectivity index (χ4n) is 5.80. The van der Waals surface area contributed by atoms with Crippen molar-refractivity contribution in [2.75, 3.05) is 25.5 Å². The molecule has 2 N–H and O–H groups in total. The number of ether oxygens (including phenoxy) is 1. The van der Waals surface area contributed by atoms with Gasteiger partial charge in [-0.2, -0.15) is 0 Å². The summed E-state index contributed by atoms with van der Waals surface area (Å²) < 4.78 is 20.2. The van der Waals surface area contributed by atoms with E-state index in [-0.39, 0.29) is 30.9 Å². The van der Waals surface area contributed by atoms with E-state index in [2.05, 4.69) is 10.6 Å². The lowest BCUT2D eigenvalue weighted by atomic mass is 9.78. The van der Waals surface area contributed by atoms with Crippen LogP contribution < -0.4 is 15.4 Å². The van der Waals surface area contributed by atoms with Crippen LogP contribution in [-0.4, -0.2) is 52.5 Å². The van der Waals surface area contributed by atoms with Gasteiger partial charge in [0.1, 0.15) is 17.1 Å². The van der Waals surface area contributed by atoms with Crippen LogP contribution in [0.2, 0.25) is 0 Å². The Bertz CT molecular complexity index is 1380. The minimum atomic E-state index is -1.13. The van der Waals surface area contributed by atoms with E-state index < -0.39 is 11.4 Å². The summed E-state index contributed by atoms with van der Waals surface area (Å²) in [4.78, 5) is 31.8. The molecule has 2 fully saturated rings. The quantitative estimate of drug-likeness (QED) is 0.332. The SMILES string of the molecule is COc1ccc(NC(=O)C2(N(Cc3ccccc3F)C(=O)CN3C[C@@H](c4ccccc4)NC3=S)CCCCC2)cc1. The Hall–Kier alpha value is -3.98. The maximum Gasteiger partial charge on any atom is 0.250 e. The van der Waals surface area contributed by atoms with Crippen LogP contribution in [0.4, 0.5) is 10.1 Å². The predicted octanol–water partition coefficient (Wildman–Crippen LogP) is 5.44. The van der Waals surface area contributed by atoms with E-state index in [9.17, 15) is 14.0 Å². The van der Waals surface area contributed by atoms with Gasteiger partial charge in [0.25, 0.3) is 0 Å². The first kappa shape index (κ1) is 28.5. The molecule has 0 spiro atoms. The van der Waals surface area contributed by atoms with E-state index in [1.165, 1.54) is 6.07 Å². The lowest BCUT2D eigenvalue weighted by molar-refractivity contribution is -0.149. The third-order valence-electron chi connectivity index (χ3n) is 8.07. The van der Waals surface area contributed by atoms with E-state index >= 15 is 0 Å². The highest BCUT2D eigenvalue weighted by Gasteiger charge is 2.47. The Balaban J connectivity index is 1.44. The standard InChI is InChI=1S/C32H35FN4O3S/c1-40-26-16-14-25(15-17-26)34-30(39)32(18-8-3-9-19-32)37(20-24-12-6-7-13-27(24)33)29(38)22-36-21-28(35-31(36)41)23-10-4-2-5-11-23/h2,4-7,10-17,28H,3,8-9,18-22H2,1H3,(H,34,39)(H,35,41)/t28-/m0/s1. The summed E-state index contributed by atoms with van der Waals surface area (Å²) in [5, 5.41) is 6.84. The molecule has 41 heavy (non-hydrogen) atoms. The van der Waals surface area contributed by atoms with E-state index in [0.717, 1.165) is 24.8 Å². The van der Waals surface area contributed by atoms with Gasteiger partial charge in [-0.05, 0) is 61.0 Å². The first-order valence-electron chi connectivity index (χ1n) is 14.0. The second-order valence-corrected chi connectivity index (χ2v) is 11.0. The van der Waals surface area contributed by atoms with Crippen LogP contribution in [0.15, 0.2) is 78.9 Å². The molecule has 1 aliphatic heterocycles.